The van der Waals surface area contributed by atoms with Crippen molar-refractivity contribution in [3.8, 4) is 6.07 Å². The van der Waals surface area contributed by atoms with E-state index in [0.717, 1.165) is 5.56 Å². The van der Waals surface area contributed by atoms with Crippen LogP contribution < -0.4 is 15.5 Å². The van der Waals surface area contributed by atoms with Gasteiger partial charge in [-0.1, -0.05) is 41.7 Å². The van der Waals surface area contributed by atoms with Crippen LogP contribution in [-0.2, 0) is 16.1 Å². The lowest BCUT2D eigenvalue weighted by atomic mass is 10.1. The third-order valence-electron chi connectivity index (χ3n) is 5.38. The summed E-state index contributed by atoms with van der Waals surface area (Å²) in [6.45, 7) is 4.85. The van der Waals surface area contributed by atoms with Gasteiger partial charge in [0, 0.05) is 31.7 Å². The van der Waals surface area contributed by atoms with Gasteiger partial charge in [-0.2, -0.15) is 5.26 Å². The Kier molecular flexibility index (Phi) is 7.92. The van der Waals surface area contributed by atoms with Crippen molar-refractivity contribution in [2.75, 3.05) is 29.9 Å². The summed E-state index contributed by atoms with van der Waals surface area (Å²) in [6.07, 6.45) is 2.37. The molecule has 3 aromatic rings. The van der Waals surface area contributed by atoms with Crippen LogP contribution in [0.15, 0.2) is 48.9 Å². The number of rotatable bonds is 7. The van der Waals surface area contributed by atoms with Crippen molar-refractivity contribution < 1.29 is 14.3 Å². The molecule has 3 heterocycles. The average molecular weight is 507 g/mol. The first-order chi connectivity index (χ1) is 17.4. The van der Waals surface area contributed by atoms with Crippen LogP contribution in [0, 0.1) is 11.3 Å². The number of amides is 2. The molecule has 1 aromatic carbocycles. The van der Waals surface area contributed by atoms with Gasteiger partial charge in [0.15, 0.2) is 5.13 Å². The van der Waals surface area contributed by atoms with Crippen molar-refractivity contribution in [3.05, 3.63) is 59.4 Å². The Hall–Kier alpha value is -4.24. The second-order valence-corrected chi connectivity index (χ2v) is 9.42. The van der Waals surface area contributed by atoms with Crippen molar-refractivity contribution in [2.24, 2.45) is 0 Å². The molecule has 0 saturated carbocycles. The number of nitriles is 1. The molecule has 0 spiro atoms. The van der Waals surface area contributed by atoms with E-state index in [0.29, 0.717) is 28.2 Å². The second kappa shape index (κ2) is 11.5. The number of nitrogens with one attached hydrogen (secondary N) is 2. The molecule has 1 aliphatic rings. The number of carbonyl (C=O) groups is 2. The van der Waals surface area contributed by atoms with E-state index in [9.17, 15) is 9.59 Å². The van der Waals surface area contributed by atoms with Gasteiger partial charge in [0.25, 0.3) is 0 Å². The van der Waals surface area contributed by atoms with Gasteiger partial charge >= 0.3 is 6.09 Å². The standard InChI is InChI=1S/C24H26N8O3S/c1-16(2)29-22(33)19-13-31(8-9-32(19)24(34)35-14-17-6-4-3-5-7-17)21-10-20(27-15-28-21)30-23-26-12-18(11-25)36-23/h3-7,10,12,15-16,19H,8-9,13-14H2,1-2H3,(H,29,33)(H,26,27,28,30). The van der Waals surface area contributed by atoms with Crippen LogP contribution >= 0.6 is 11.3 Å². The molecule has 2 amide bonds. The number of ether oxygens (including phenoxy) is 1. The molecule has 0 radical (unpaired) electrons. The highest BCUT2D eigenvalue weighted by Crippen LogP contribution is 2.24. The molecule has 12 heteroatoms. The minimum atomic E-state index is -0.757. The van der Waals surface area contributed by atoms with Crippen LogP contribution in [0.2, 0.25) is 0 Å². The Bertz CT molecular complexity index is 1240. The van der Waals surface area contributed by atoms with Gasteiger partial charge in [-0.05, 0) is 19.4 Å². The monoisotopic (exact) mass is 506 g/mol. The van der Waals surface area contributed by atoms with Gasteiger partial charge in [0.2, 0.25) is 5.91 Å². The number of carbonyl (C=O) groups excluding carboxylic acids is 2. The maximum atomic E-state index is 13.0. The highest BCUT2D eigenvalue weighted by atomic mass is 32.1. The predicted molar refractivity (Wildman–Crippen MR) is 135 cm³/mol. The summed E-state index contributed by atoms with van der Waals surface area (Å²) in [5.41, 5.74) is 0.871. The fraction of sp³-hybridized carbons (Fsp3) is 0.333. The fourth-order valence-electron chi connectivity index (χ4n) is 3.70. The molecular formula is C24H26N8O3S. The first kappa shape index (κ1) is 24.9. The van der Waals surface area contributed by atoms with Crippen LogP contribution in [0.4, 0.5) is 21.6 Å². The topological polar surface area (TPSA) is 136 Å². The van der Waals surface area contributed by atoms with Crippen LogP contribution in [0.25, 0.3) is 0 Å². The second-order valence-electron chi connectivity index (χ2n) is 8.39. The van der Waals surface area contributed by atoms with Crippen molar-refractivity contribution in [1.82, 2.24) is 25.2 Å². The summed E-state index contributed by atoms with van der Waals surface area (Å²) in [6, 6.07) is 12.4. The maximum Gasteiger partial charge on any atom is 0.410 e. The Morgan fingerprint density at radius 2 is 2.03 bits per heavy atom. The van der Waals surface area contributed by atoms with E-state index in [1.165, 1.54) is 28.8 Å². The number of aromatic nitrogens is 3. The van der Waals surface area contributed by atoms with Crippen LogP contribution in [-0.4, -0.2) is 63.6 Å². The third kappa shape index (κ3) is 6.25. The van der Waals surface area contributed by atoms with E-state index >= 15 is 0 Å². The molecule has 1 unspecified atom stereocenters. The van der Waals surface area contributed by atoms with E-state index in [2.05, 4.69) is 31.7 Å². The van der Waals surface area contributed by atoms with E-state index in [1.807, 2.05) is 49.1 Å². The lowest BCUT2D eigenvalue weighted by Crippen LogP contribution is -2.61. The smallest absolute Gasteiger partial charge is 0.410 e. The van der Waals surface area contributed by atoms with Gasteiger partial charge in [-0.15, -0.1) is 0 Å². The average Bonchev–Trinajstić information content (AvgIpc) is 3.35. The quantitative estimate of drug-likeness (QED) is 0.495. The fourth-order valence-corrected chi connectivity index (χ4v) is 4.32. The normalized spacial score (nSPS) is 15.3. The SMILES string of the molecule is CC(C)NC(=O)C1CN(c2cc(Nc3ncc(C#N)s3)ncn2)CCN1C(=O)OCc1ccccc1. The number of anilines is 3. The molecule has 2 N–H and O–H groups in total. The minimum Gasteiger partial charge on any atom is -0.445 e. The van der Waals surface area contributed by atoms with Gasteiger partial charge in [-0.3, -0.25) is 9.69 Å². The Labute approximate surface area is 212 Å². The van der Waals surface area contributed by atoms with Gasteiger partial charge < -0.3 is 20.3 Å². The summed E-state index contributed by atoms with van der Waals surface area (Å²) in [5, 5.41) is 15.5. The van der Waals surface area contributed by atoms with Crippen molar-refractivity contribution in [3.63, 3.8) is 0 Å². The minimum absolute atomic E-state index is 0.0819. The van der Waals surface area contributed by atoms with Crippen molar-refractivity contribution in [1.29, 1.82) is 5.26 Å². The van der Waals surface area contributed by atoms with Crippen molar-refractivity contribution in [2.45, 2.75) is 32.5 Å². The lowest BCUT2D eigenvalue weighted by Gasteiger charge is -2.40. The Balaban J connectivity index is 1.47. The zero-order valence-electron chi connectivity index (χ0n) is 19.9. The first-order valence-electron chi connectivity index (χ1n) is 11.4. The Morgan fingerprint density at radius 3 is 2.75 bits per heavy atom. The first-order valence-corrected chi connectivity index (χ1v) is 12.2. The number of piperazine rings is 1. The summed E-state index contributed by atoms with van der Waals surface area (Å²) in [5.74, 6) is 0.849. The number of nitrogens with zero attached hydrogens (tertiary/aromatic N) is 6. The highest BCUT2D eigenvalue weighted by molar-refractivity contribution is 7.16. The highest BCUT2D eigenvalue weighted by Gasteiger charge is 2.37. The van der Waals surface area contributed by atoms with E-state index in [-0.39, 0.29) is 31.6 Å². The molecule has 1 atom stereocenters. The van der Waals surface area contributed by atoms with E-state index in [4.69, 9.17) is 10.00 Å². The molecule has 36 heavy (non-hydrogen) atoms. The van der Waals surface area contributed by atoms with E-state index in [1.54, 1.807) is 6.07 Å². The number of thiazole rings is 1. The zero-order chi connectivity index (χ0) is 25.5. The number of hydrogen-bond donors (Lipinski definition) is 2. The zero-order valence-corrected chi connectivity index (χ0v) is 20.7. The molecule has 4 rings (SSSR count). The molecule has 0 bridgehead atoms. The predicted octanol–water partition coefficient (Wildman–Crippen LogP) is 2.90. The van der Waals surface area contributed by atoms with Crippen LogP contribution in [0.5, 0.6) is 0 Å². The van der Waals surface area contributed by atoms with E-state index < -0.39 is 12.1 Å². The number of hydrogen-bond acceptors (Lipinski definition) is 10. The van der Waals surface area contributed by atoms with Crippen LogP contribution in [0.1, 0.15) is 24.3 Å². The molecule has 0 aliphatic carbocycles. The van der Waals surface area contributed by atoms with Crippen LogP contribution in [0.3, 0.4) is 0 Å². The largest absolute Gasteiger partial charge is 0.445 e. The van der Waals surface area contributed by atoms with Crippen molar-refractivity contribution >= 4 is 40.1 Å². The van der Waals surface area contributed by atoms with Gasteiger partial charge in [-0.25, -0.2) is 19.7 Å². The molecule has 1 saturated heterocycles. The van der Waals surface area contributed by atoms with Gasteiger partial charge in [0.05, 0.1) is 6.20 Å². The van der Waals surface area contributed by atoms with Gasteiger partial charge in [0.1, 0.15) is 41.6 Å². The Morgan fingerprint density at radius 1 is 1.22 bits per heavy atom. The molecular weight excluding hydrogens is 480 g/mol. The lowest BCUT2D eigenvalue weighted by molar-refractivity contribution is -0.126. The summed E-state index contributed by atoms with van der Waals surface area (Å²) in [7, 11) is 0. The summed E-state index contributed by atoms with van der Waals surface area (Å²) in [4.78, 5) is 42.6. The molecule has 1 aliphatic heterocycles. The molecule has 186 valence electrons. The third-order valence-corrected chi connectivity index (χ3v) is 6.20. The number of benzene rings is 1. The summed E-state index contributed by atoms with van der Waals surface area (Å²) < 4.78 is 5.51. The summed E-state index contributed by atoms with van der Waals surface area (Å²) >= 11 is 1.22. The molecule has 11 nitrogen and oxygen atoms in total. The maximum absolute atomic E-state index is 13.0. The molecule has 2 aromatic heterocycles. The molecule has 1 fully saturated rings.